The van der Waals surface area contributed by atoms with E-state index in [0.29, 0.717) is 5.92 Å². The molecule has 9 heteroatoms. The molecule has 0 aliphatic carbocycles. The van der Waals surface area contributed by atoms with Gasteiger partial charge in [0, 0.05) is 11.1 Å². The van der Waals surface area contributed by atoms with Crippen molar-refractivity contribution in [2.45, 2.75) is 18.8 Å². The number of H-pyrrole nitrogens is 2. The molecule has 2 aromatic heterocycles. The zero-order valence-corrected chi connectivity index (χ0v) is 21.6. The van der Waals surface area contributed by atoms with Gasteiger partial charge in [0.1, 0.15) is 17.4 Å². The van der Waals surface area contributed by atoms with Gasteiger partial charge in [0.25, 0.3) is 0 Å². The molecule has 184 valence electrons. The Bertz CT molecular complexity index is 1420. The van der Waals surface area contributed by atoms with Gasteiger partial charge >= 0.3 is 0 Å². The molecule has 0 unspecified atom stereocenters. The van der Waals surface area contributed by atoms with Gasteiger partial charge in [-0.3, -0.25) is 0 Å². The first-order chi connectivity index (χ1) is 15.6. The van der Waals surface area contributed by atoms with Gasteiger partial charge in [0.05, 0.1) is 22.1 Å². The highest BCUT2D eigenvalue weighted by Crippen LogP contribution is 2.31. The Labute approximate surface area is 222 Å². The first-order valence-corrected chi connectivity index (χ1v) is 11.1. The zero-order chi connectivity index (χ0) is 21.7. The van der Waals surface area contributed by atoms with Crippen molar-refractivity contribution in [1.29, 1.82) is 0 Å². The molecule has 0 radical (unpaired) electrons. The Kier molecular flexibility index (Phi) is 8.34. The number of rotatable bonds is 3. The molecule has 6 nitrogen and oxygen atoms in total. The molecule has 0 saturated carbocycles. The molecule has 5 aromatic rings. The number of aromatic amines is 2. The van der Waals surface area contributed by atoms with Crippen molar-refractivity contribution in [1.82, 2.24) is 24.8 Å². The van der Waals surface area contributed by atoms with Crippen molar-refractivity contribution in [3.8, 4) is 28.5 Å². The molecule has 0 bridgehead atoms. The summed E-state index contributed by atoms with van der Waals surface area (Å²) in [6, 6.07) is 19.9. The van der Waals surface area contributed by atoms with Crippen LogP contribution >= 0.6 is 37.2 Å². The van der Waals surface area contributed by atoms with Crippen LogP contribution in [0.4, 0.5) is 0 Å². The van der Waals surface area contributed by atoms with Crippen LogP contribution in [0.2, 0.25) is 0 Å². The van der Waals surface area contributed by atoms with E-state index in [1.165, 1.54) is 18.4 Å². The van der Waals surface area contributed by atoms with Crippen LogP contribution in [-0.4, -0.2) is 50.1 Å². The maximum Gasteiger partial charge on any atom is 0.138 e. The summed E-state index contributed by atoms with van der Waals surface area (Å²) in [5.74, 6) is 2.52. The molecule has 0 atom stereocenters. The van der Waals surface area contributed by atoms with Gasteiger partial charge in [-0.05, 0) is 99.1 Å². The SMILES string of the molecule is CN1CCC(c2ccc3nc(-c4ccc5nc(-c6ccc(O)cc6)[nH]c5c4)[nH]c3c2)CC1.Cl.Cl.Cl. The highest BCUT2D eigenvalue weighted by Gasteiger charge is 2.19. The first kappa shape index (κ1) is 26.8. The van der Waals surface area contributed by atoms with Crippen molar-refractivity contribution in [3.63, 3.8) is 0 Å². The van der Waals surface area contributed by atoms with Crippen LogP contribution in [0.15, 0.2) is 60.7 Å². The number of hydrogen-bond donors (Lipinski definition) is 3. The van der Waals surface area contributed by atoms with Crippen molar-refractivity contribution in [2.24, 2.45) is 0 Å². The molecule has 0 spiro atoms. The number of piperidine rings is 1. The molecule has 3 N–H and O–H groups in total. The first-order valence-electron chi connectivity index (χ1n) is 11.1. The maximum atomic E-state index is 9.52. The van der Waals surface area contributed by atoms with E-state index in [2.05, 4.69) is 57.2 Å². The minimum atomic E-state index is 0. The smallest absolute Gasteiger partial charge is 0.138 e. The fourth-order valence-corrected chi connectivity index (χ4v) is 4.67. The van der Waals surface area contributed by atoms with Crippen molar-refractivity contribution >= 4 is 59.3 Å². The second-order valence-electron chi connectivity index (χ2n) is 8.80. The second kappa shape index (κ2) is 10.9. The highest BCUT2D eigenvalue weighted by atomic mass is 35.5. The predicted molar refractivity (Wildman–Crippen MR) is 149 cm³/mol. The maximum absolute atomic E-state index is 9.52. The van der Waals surface area contributed by atoms with E-state index in [9.17, 15) is 5.11 Å². The van der Waals surface area contributed by atoms with Crippen LogP contribution in [-0.2, 0) is 0 Å². The van der Waals surface area contributed by atoms with Crippen LogP contribution in [0.1, 0.15) is 24.3 Å². The molecule has 1 aliphatic rings. The number of nitrogens with zero attached hydrogens (tertiary/aromatic N) is 3. The summed E-state index contributed by atoms with van der Waals surface area (Å²) in [7, 11) is 2.20. The lowest BCUT2D eigenvalue weighted by molar-refractivity contribution is 0.255. The Morgan fingerprint density at radius 2 is 1.29 bits per heavy atom. The fourth-order valence-electron chi connectivity index (χ4n) is 4.67. The number of benzene rings is 3. The van der Waals surface area contributed by atoms with Crippen LogP contribution in [0, 0.1) is 0 Å². The molecule has 35 heavy (non-hydrogen) atoms. The number of imidazole rings is 2. The van der Waals surface area contributed by atoms with Crippen molar-refractivity contribution in [3.05, 3.63) is 66.2 Å². The number of nitrogens with one attached hydrogen (secondary N) is 2. The van der Waals surface area contributed by atoms with Crippen LogP contribution in [0.25, 0.3) is 44.8 Å². The molecule has 1 aliphatic heterocycles. The normalized spacial score (nSPS) is 14.3. The molecular formula is C26H28Cl3N5O. The molecule has 3 aromatic carbocycles. The van der Waals surface area contributed by atoms with E-state index >= 15 is 0 Å². The summed E-state index contributed by atoms with van der Waals surface area (Å²) >= 11 is 0. The van der Waals surface area contributed by atoms with Gasteiger partial charge in [0.2, 0.25) is 0 Å². The van der Waals surface area contributed by atoms with Gasteiger partial charge in [-0.2, -0.15) is 0 Å². The third-order valence-corrected chi connectivity index (χ3v) is 6.59. The van der Waals surface area contributed by atoms with E-state index in [1.807, 2.05) is 18.2 Å². The lowest BCUT2D eigenvalue weighted by Crippen LogP contribution is -2.29. The van der Waals surface area contributed by atoms with Crippen LogP contribution in [0.5, 0.6) is 5.75 Å². The number of hydrogen-bond acceptors (Lipinski definition) is 4. The minimum absolute atomic E-state index is 0. The topological polar surface area (TPSA) is 80.8 Å². The van der Waals surface area contributed by atoms with Crippen molar-refractivity contribution < 1.29 is 5.11 Å². The van der Waals surface area contributed by atoms with E-state index in [0.717, 1.165) is 57.9 Å². The van der Waals surface area contributed by atoms with Crippen LogP contribution < -0.4 is 0 Å². The second-order valence-corrected chi connectivity index (χ2v) is 8.80. The molecule has 1 saturated heterocycles. The number of halogens is 3. The third-order valence-electron chi connectivity index (χ3n) is 6.59. The summed E-state index contributed by atoms with van der Waals surface area (Å²) in [6.07, 6.45) is 2.42. The standard InChI is InChI=1S/C26H25N5O.3ClH/c1-31-12-10-16(11-13-31)18-4-8-21-23(14-18)30-26(28-21)19-5-9-22-24(15-19)29-25(27-22)17-2-6-20(32)7-3-17;;;/h2-9,14-16,32H,10-13H2,1H3,(H,27,29)(H,28,30);3*1H. The average Bonchev–Trinajstić information content (AvgIpc) is 3.43. The molecule has 1 fully saturated rings. The molecule has 0 amide bonds. The lowest BCUT2D eigenvalue weighted by atomic mass is 9.89. The van der Waals surface area contributed by atoms with E-state index in [4.69, 9.17) is 4.98 Å². The Balaban J connectivity index is 0.00000114. The number of fused-ring (bicyclic) bond motifs is 2. The molecule has 6 rings (SSSR count). The van der Waals surface area contributed by atoms with Gasteiger partial charge in [-0.1, -0.05) is 6.07 Å². The zero-order valence-electron chi connectivity index (χ0n) is 19.2. The predicted octanol–water partition coefficient (Wildman–Crippen LogP) is 6.55. The van der Waals surface area contributed by atoms with E-state index < -0.39 is 0 Å². The Hall–Kier alpha value is -2.77. The largest absolute Gasteiger partial charge is 0.508 e. The van der Waals surface area contributed by atoms with E-state index in [1.54, 1.807) is 12.1 Å². The lowest BCUT2D eigenvalue weighted by Gasteiger charge is -2.29. The highest BCUT2D eigenvalue weighted by molar-refractivity contribution is 5.86. The molecule has 3 heterocycles. The number of aromatic hydroxyl groups is 1. The van der Waals surface area contributed by atoms with Gasteiger partial charge in [0.15, 0.2) is 0 Å². The summed E-state index contributed by atoms with van der Waals surface area (Å²) < 4.78 is 0. The van der Waals surface area contributed by atoms with Crippen LogP contribution in [0.3, 0.4) is 0 Å². The minimum Gasteiger partial charge on any atom is -0.508 e. The summed E-state index contributed by atoms with van der Waals surface area (Å²) in [5, 5.41) is 9.52. The van der Waals surface area contributed by atoms with Gasteiger partial charge in [-0.15, -0.1) is 37.2 Å². The monoisotopic (exact) mass is 531 g/mol. The fraction of sp³-hybridized carbons (Fsp3) is 0.231. The Morgan fingerprint density at radius 3 is 1.94 bits per heavy atom. The Morgan fingerprint density at radius 1 is 0.743 bits per heavy atom. The average molecular weight is 533 g/mol. The quantitative estimate of drug-likeness (QED) is 0.246. The summed E-state index contributed by atoms with van der Waals surface area (Å²) in [4.78, 5) is 18.8. The number of phenolic OH excluding ortho intramolecular Hbond substituents is 1. The number of phenols is 1. The summed E-state index contributed by atoms with van der Waals surface area (Å²) in [6.45, 7) is 2.32. The summed E-state index contributed by atoms with van der Waals surface area (Å²) in [5.41, 5.74) is 7.30. The molecular weight excluding hydrogens is 505 g/mol. The van der Waals surface area contributed by atoms with Gasteiger partial charge in [-0.25, -0.2) is 9.97 Å². The third kappa shape index (κ3) is 5.26. The number of likely N-dealkylation sites (tertiary alicyclic amines) is 1. The number of aromatic nitrogens is 4. The van der Waals surface area contributed by atoms with E-state index in [-0.39, 0.29) is 43.0 Å². The van der Waals surface area contributed by atoms with Crippen molar-refractivity contribution in [2.75, 3.05) is 20.1 Å². The van der Waals surface area contributed by atoms with Gasteiger partial charge < -0.3 is 20.0 Å².